The summed E-state index contributed by atoms with van der Waals surface area (Å²) in [4.78, 5) is 0. The summed E-state index contributed by atoms with van der Waals surface area (Å²) in [5.41, 5.74) is 2.23. The largest absolute Gasteiger partial charge is 0.489 e. The van der Waals surface area contributed by atoms with E-state index in [1.165, 1.54) is 0 Å². The van der Waals surface area contributed by atoms with Gasteiger partial charge in [0.2, 0.25) is 0 Å². The van der Waals surface area contributed by atoms with Crippen molar-refractivity contribution in [1.82, 2.24) is 5.32 Å². The van der Waals surface area contributed by atoms with E-state index in [0.717, 1.165) is 34.9 Å². The summed E-state index contributed by atoms with van der Waals surface area (Å²) >= 11 is 6.06. The Morgan fingerprint density at radius 3 is 2.63 bits per heavy atom. The minimum atomic E-state index is 0.0621. The molecule has 1 N–H and O–H groups in total. The van der Waals surface area contributed by atoms with E-state index in [-0.39, 0.29) is 5.54 Å². The van der Waals surface area contributed by atoms with Crippen molar-refractivity contribution in [3.63, 3.8) is 0 Å². The van der Waals surface area contributed by atoms with Crippen LogP contribution in [0.15, 0.2) is 30.4 Å². The number of hydrogen-bond acceptors (Lipinski definition) is 2. The Labute approximate surface area is 121 Å². The maximum Gasteiger partial charge on any atom is 0.124 e. The van der Waals surface area contributed by atoms with Crippen LogP contribution in [-0.4, -0.2) is 12.1 Å². The maximum absolute atomic E-state index is 6.06. The van der Waals surface area contributed by atoms with E-state index in [4.69, 9.17) is 16.3 Å². The highest BCUT2D eigenvalue weighted by Gasteiger charge is 2.11. The van der Waals surface area contributed by atoms with E-state index in [2.05, 4.69) is 39.6 Å². The average Bonchev–Trinajstić information content (AvgIpc) is 2.33. The Kier molecular flexibility index (Phi) is 5.89. The molecular weight excluding hydrogens is 258 g/mol. The molecule has 0 amide bonds. The van der Waals surface area contributed by atoms with Gasteiger partial charge in [0.05, 0.1) is 0 Å². The molecule has 0 saturated carbocycles. The molecule has 0 fully saturated rings. The molecule has 0 aliphatic rings. The van der Waals surface area contributed by atoms with Gasteiger partial charge in [-0.1, -0.05) is 25.1 Å². The third-order valence-electron chi connectivity index (χ3n) is 2.76. The average molecular weight is 282 g/mol. The molecule has 2 nitrogen and oxygen atoms in total. The molecule has 0 heterocycles. The lowest BCUT2D eigenvalue weighted by atomic mass is 10.1. The smallest absolute Gasteiger partial charge is 0.124 e. The standard InChI is InChI=1S/C16H24ClNO/c1-6-12(2)11-19-15-8-7-14(17)9-13(15)10-18-16(3,4)5/h7-9,18H,2,6,10-11H2,1,3-5H3. The molecule has 1 rings (SSSR count). The lowest BCUT2D eigenvalue weighted by Gasteiger charge is -2.22. The molecule has 1 aromatic rings. The van der Waals surface area contributed by atoms with Crippen LogP contribution in [0.25, 0.3) is 0 Å². The summed E-state index contributed by atoms with van der Waals surface area (Å²) < 4.78 is 5.81. The van der Waals surface area contributed by atoms with Crippen molar-refractivity contribution in [2.24, 2.45) is 0 Å². The van der Waals surface area contributed by atoms with Crippen LogP contribution in [0, 0.1) is 0 Å². The van der Waals surface area contributed by atoms with Crippen molar-refractivity contribution in [2.45, 2.75) is 46.2 Å². The van der Waals surface area contributed by atoms with Crippen molar-refractivity contribution in [3.8, 4) is 5.75 Å². The van der Waals surface area contributed by atoms with Crippen LogP contribution in [0.4, 0.5) is 0 Å². The van der Waals surface area contributed by atoms with Gasteiger partial charge in [0, 0.05) is 22.7 Å². The molecule has 1 aromatic carbocycles. The van der Waals surface area contributed by atoms with E-state index < -0.39 is 0 Å². The Hall–Kier alpha value is -0.990. The predicted molar refractivity (Wildman–Crippen MR) is 83.0 cm³/mol. The van der Waals surface area contributed by atoms with Crippen LogP contribution in [0.5, 0.6) is 5.75 Å². The van der Waals surface area contributed by atoms with Gasteiger partial charge in [0.15, 0.2) is 0 Å². The maximum atomic E-state index is 6.06. The van der Waals surface area contributed by atoms with Gasteiger partial charge in [-0.15, -0.1) is 0 Å². The minimum absolute atomic E-state index is 0.0621. The van der Waals surface area contributed by atoms with Gasteiger partial charge in [0.25, 0.3) is 0 Å². The van der Waals surface area contributed by atoms with Crippen molar-refractivity contribution in [3.05, 3.63) is 40.9 Å². The molecule has 19 heavy (non-hydrogen) atoms. The summed E-state index contributed by atoms with van der Waals surface area (Å²) in [5.74, 6) is 0.871. The first-order valence-corrected chi connectivity index (χ1v) is 7.02. The van der Waals surface area contributed by atoms with E-state index in [1.807, 2.05) is 18.2 Å². The Morgan fingerprint density at radius 2 is 2.05 bits per heavy atom. The fourth-order valence-corrected chi connectivity index (χ4v) is 1.66. The van der Waals surface area contributed by atoms with E-state index in [9.17, 15) is 0 Å². The Balaban J connectivity index is 2.76. The monoisotopic (exact) mass is 281 g/mol. The van der Waals surface area contributed by atoms with Gasteiger partial charge >= 0.3 is 0 Å². The van der Waals surface area contributed by atoms with Crippen molar-refractivity contribution >= 4 is 11.6 Å². The topological polar surface area (TPSA) is 21.3 Å². The van der Waals surface area contributed by atoms with Crippen LogP contribution in [0.3, 0.4) is 0 Å². The van der Waals surface area contributed by atoms with Crippen LogP contribution >= 0.6 is 11.6 Å². The predicted octanol–water partition coefficient (Wildman–Crippen LogP) is 4.57. The molecular formula is C16H24ClNO. The lowest BCUT2D eigenvalue weighted by Crippen LogP contribution is -2.35. The molecule has 3 heteroatoms. The molecule has 0 unspecified atom stereocenters. The van der Waals surface area contributed by atoms with Gasteiger partial charge in [-0.05, 0) is 51.0 Å². The highest BCUT2D eigenvalue weighted by atomic mass is 35.5. The molecule has 0 spiro atoms. The van der Waals surface area contributed by atoms with E-state index in [1.54, 1.807) is 0 Å². The normalized spacial score (nSPS) is 11.4. The third kappa shape index (κ3) is 6.13. The van der Waals surface area contributed by atoms with Crippen LogP contribution in [-0.2, 0) is 6.54 Å². The first-order chi connectivity index (χ1) is 8.81. The number of nitrogens with one attached hydrogen (secondary N) is 1. The second-order valence-electron chi connectivity index (χ2n) is 5.75. The first kappa shape index (κ1) is 16.1. The highest BCUT2D eigenvalue weighted by molar-refractivity contribution is 6.30. The zero-order valence-corrected chi connectivity index (χ0v) is 13.1. The van der Waals surface area contributed by atoms with Crippen molar-refractivity contribution < 1.29 is 4.74 Å². The third-order valence-corrected chi connectivity index (χ3v) is 3.00. The van der Waals surface area contributed by atoms with Gasteiger partial charge in [0.1, 0.15) is 12.4 Å². The highest BCUT2D eigenvalue weighted by Crippen LogP contribution is 2.24. The van der Waals surface area contributed by atoms with Gasteiger partial charge < -0.3 is 10.1 Å². The van der Waals surface area contributed by atoms with Crippen LogP contribution in [0.1, 0.15) is 39.7 Å². The number of halogens is 1. The van der Waals surface area contributed by atoms with Gasteiger partial charge in [-0.25, -0.2) is 0 Å². The second kappa shape index (κ2) is 6.97. The van der Waals surface area contributed by atoms with Crippen molar-refractivity contribution in [2.75, 3.05) is 6.61 Å². The molecule has 0 bridgehead atoms. The molecule has 0 saturated heterocycles. The molecule has 0 radical (unpaired) electrons. The fraction of sp³-hybridized carbons (Fsp3) is 0.500. The molecule has 0 atom stereocenters. The summed E-state index contributed by atoms with van der Waals surface area (Å²) in [6.07, 6.45) is 0.934. The summed E-state index contributed by atoms with van der Waals surface area (Å²) in [5, 5.41) is 4.18. The van der Waals surface area contributed by atoms with E-state index >= 15 is 0 Å². The number of ether oxygens (including phenoxy) is 1. The first-order valence-electron chi connectivity index (χ1n) is 6.64. The summed E-state index contributed by atoms with van der Waals surface area (Å²) in [7, 11) is 0. The Bertz CT molecular complexity index is 435. The zero-order valence-electron chi connectivity index (χ0n) is 12.3. The number of hydrogen-bond donors (Lipinski definition) is 1. The molecule has 0 aromatic heterocycles. The fourth-order valence-electron chi connectivity index (χ4n) is 1.47. The number of benzene rings is 1. The van der Waals surface area contributed by atoms with Crippen LogP contribution < -0.4 is 10.1 Å². The lowest BCUT2D eigenvalue weighted by molar-refractivity contribution is 0.340. The van der Waals surface area contributed by atoms with E-state index in [0.29, 0.717) is 6.61 Å². The van der Waals surface area contributed by atoms with Gasteiger partial charge in [-0.3, -0.25) is 0 Å². The summed E-state index contributed by atoms with van der Waals surface area (Å²) in [6, 6.07) is 5.72. The van der Waals surface area contributed by atoms with Crippen molar-refractivity contribution in [1.29, 1.82) is 0 Å². The number of rotatable bonds is 6. The zero-order chi connectivity index (χ0) is 14.5. The molecule has 0 aliphatic carbocycles. The summed E-state index contributed by atoms with van der Waals surface area (Å²) in [6.45, 7) is 13.7. The molecule has 106 valence electrons. The van der Waals surface area contributed by atoms with Crippen LogP contribution in [0.2, 0.25) is 5.02 Å². The Morgan fingerprint density at radius 1 is 1.37 bits per heavy atom. The van der Waals surface area contributed by atoms with Gasteiger partial charge in [-0.2, -0.15) is 0 Å². The second-order valence-corrected chi connectivity index (χ2v) is 6.18. The quantitative estimate of drug-likeness (QED) is 0.771. The SMILES string of the molecule is C=C(CC)COc1ccc(Cl)cc1CNC(C)(C)C. The minimum Gasteiger partial charge on any atom is -0.489 e. The molecule has 0 aliphatic heterocycles.